The monoisotopic (exact) mass is 380 g/mol. The maximum atomic E-state index is 12.7. The van der Waals surface area contributed by atoms with Gasteiger partial charge >= 0.3 is 11.9 Å². The van der Waals surface area contributed by atoms with Gasteiger partial charge in [0.2, 0.25) is 0 Å². The Morgan fingerprint density at radius 3 is 2.56 bits per heavy atom. The highest BCUT2D eigenvalue weighted by molar-refractivity contribution is 5.96. The van der Waals surface area contributed by atoms with E-state index in [4.69, 9.17) is 18.9 Å². The summed E-state index contributed by atoms with van der Waals surface area (Å²) < 4.78 is 22.9. The van der Waals surface area contributed by atoms with E-state index in [9.17, 15) is 19.5 Å². The lowest BCUT2D eigenvalue weighted by Gasteiger charge is -2.57. The molecular formula is C19H24O8. The van der Waals surface area contributed by atoms with E-state index < -0.39 is 52.8 Å². The molecule has 0 aromatic heterocycles. The number of hydrogen-bond acceptors (Lipinski definition) is 8. The summed E-state index contributed by atoms with van der Waals surface area (Å²) in [6.45, 7) is 6.34. The van der Waals surface area contributed by atoms with Crippen LogP contribution in [0.5, 0.6) is 0 Å². The Balaban J connectivity index is 1.89. The van der Waals surface area contributed by atoms with Crippen LogP contribution in [0.3, 0.4) is 0 Å². The molecule has 0 radical (unpaired) electrons. The van der Waals surface area contributed by atoms with Gasteiger partial charge in [-0.15, -0.1) is 0 Å². The van der Waals surface area contributed by atoms with Gasteiger partial charge in [0.15, 0.2) is 5.78 Å². The van der Waals surface area contributed by atoms with E-state index in [1.807, 2.05) is 6.92 Å². The second-order valence-electron chi connectivity index (χ2n) is 8.26. The number of epoxide rings is 1. The predicted octanol–water partition coefficient (Wildman–Crippen LogP) is 0.304. The highest BCUT2D eigenvalue weighted by Gasteiger charge is 2.86. The van der Waals surface area contributed by atoms with Crippen molar-refractivity contribution in [2.45, 2.75) is 64.1 Å². The third-order valence-electron chi connectivity index (χ3n) is 7.00. The number of carbonyl (C=O) groups excluding carboxylic acids is 3. The van der Waals surface area contributed by atoms with Crippen molar-refractivity contribution < 1.29 is 38.4 Å². The van der Waals surface area contributed by atoms with Crippen LogP contribution in [-0.4, -0.2) is 66.1 Å². The maximum Gasteiger partial charge on any atom is 0.303 e. The van der Waals surface area contributed by atoms with Crippen LogP contribution in [0, 0.1) is 10.8 Å². The first-order valence-electron chi connectivity index (χ1n) is 9.09. The number of ether oxygens (including phenoxy) is 4. The topological polar surface area (TPSA) is 112 Å². The number of carbonyl (C=O) groups is 3. The van der Waals surface area contributed by atoms with Gasteiger partial charge in [0, 0.05) is 20.3 Å². The highest BCUT2D eigenvalue weighted by atomic mass is 16.7. The van der Waals surface area contributed by atoms with Gasteiger partial charge in [-0.1, -0.05) is 6.92 Å². The SMILES string of the molecule is CC(=O)OC[C@]12CC(=O)C(C)=C[C@H]1O[C@@H]1[C@H](O)[C@@H](OC(C)=O)C2(C)C12CO2. The number of fused-ring (bicyclic) bond motifs is 2. The van der Waals surface area contributed by atoms with Gasteiger partial charge < -0.3 is 24.1 Å². The van der Waals surface area contributed by atoms with Gasteiger partial charge in [-0.3, -0.25) is 14.4 Å². The summed E-state index contributed by atoms with van der Waals surface area (Å²) in [6.07, 6.45) is -1.55. The number of esters is 2. The first-order valence-corrected chi connectivity index (χ1v) is 9.09. The van der Waals surface area contributed by atoms with Crippen molar-refractivity contribution in [2.75, 3.05) is 13.2 Å². The molecule has 1 spiro atoms. The molecule has 0 aromatic carbocycles. The Bertz CT molecular complexity index is 753. The lowest BCUT2D eigenvalue weighted by Crippen LogP contribution is -2.67. The molecule has 0 aromatic rings. The molecular weight excluding hydrogens is 356 g/mol. The van der Waals surface area contributed by atoms with Gasteiger partial charge in [-0.05, 0) is 18.6 Å². The average molecular weight is 380 g/mol. The minimum Gasteiger partial charge on any atom is -0.465 e. The molecule has 2 bridgehead atoms. The molecule has 2 heterocycles. The van der Waals surface area contributed by atoms with E-state index in [-0.39, 0.29) is 18.8 Å². The molecule has 2 unspecified atom stereocenters. The van der Waals surface area contributed by atoms with Crippen molar-refractivity contribution in [1.29, 1.82) is 0 Å². The van der Waals surface area contributed by atoms with Gasteiger partial charge in [-0.2, -0.15) is 0 Å². The molecule has 7 atom stereocenters. The summed E-state index contributed by atoms with van der Waals surface area (Å²) in [5.74, 6) is -1.13. The van der Waals surface area contributed by atoms with Crippen LogP contribution in [0.4, 0.5) is 0 Å². The second-order valence-corrected chi connectivity index (χ2v) is 8.26. The molecule has 148 valence electrons. The number of allylic oxidation sites excluding steroid dienone is 1. The Labute approximate surface area is 156 Å². The van der Waals surface area contributed by atoms with E-state index in [1.165, 1.54) is 13.8 Å². The van der Waals surface area contributed by atoms with Crippen molar-refractivity contribution >= 4 is 17.7 Å². The fourth-order valence-corrected chi connectivity index (χ4v) is 5.44. The van der Waals surface area contributed by atoms with Crippen LogP contribution < -0.4 is 0 Å². The Morgan fingerprint density at radius 1 is 1.33 bits per heavy atom. The number of hydrogen-bond donors (Lipinski definition) is 1. The summed E-state index contributed by atoms with van der Waals surface area (Å²) in [5, 5.41) is 10.9. The molecule has 3 fully saturated rings. The van der Waals surface area contributed by atoms with Crippen LogP contribution in [0.1, 0.15) is 34.1 Å². The third kappa shape index (κ3) is 2.17. The molecule has 1 N–H and O–H groups in total. The minimum atomic E-state index is -1.11. The van der Waals surface area contributed by atoms with Crippen molar-refractivity contribution in [3.63, 3.8) is 0 Å². The van der Waals surface area contributed by atoms with Crippen LogP contribution in [0.15, 0.2) is 11.6 Å². The molecule has 4 rings (SSSR count). The number of ketones is 1. The summed E-state index contributed by atoms with van der Waals surface area (Å²) in [4.78, 5) is 36.0. The standard InChI is InChI=1S/C19H24O8/c1-9-5-13-18(6-12(9)22,7-24-10(2)20)17(4)15(26-11(3)21)14(23)16(27-13)19(17)8-25-19/h5,13-16,23H,6-8H2,1-4H3/t13-,14-,15-,16-,17?,18-,19?/m1/s1. The Morgan fingerprint density at radius 2 is 2.00 bits per heavy atom. The molecule has 1 saturated carbocycles. The van der Waals surface area contributed by atoms with Crippen LogP contribution in [-0.2, 0) is 33.3 Å². The van der Waals surface area contributed by atoms with Gasteiger partial charge in [0.05, 0.1) is 23.5 Å². The molecule has 2 aliphatic heterocycles. The fourth-order valence-electron chi connectivity index (χ4n) is 5.44. The summed E-state index contributed by atoms with van der Waals surface area (Å²) in [5.41, 5.74) is -2.31. The molecule has 8 heteroatoms. The fraction of sp³-hybridized carbons (Fsp3) is 0.737. The molecule has 0 amide bonds. The number of rotatable bonds is 3. The van der Waals surface area contributed by atoms with E-state index >= 15 is 0 Å². The summed E-state index contributed by atoms with van der Waals surface area (Å²) >= 11 is 0. The van der Waals surface area contributed by atoms with Crippen molar-refractivity contribution in [3.8, 4) is 0 Å². The Hall–Kier alpha value is -1.77. The molecule has 2 saturated heterocycles. The minimum absolute atomic E-state index is 0.0477. The van der Waals surface area contributed by atoms with Crippen molar-refractivity contribution in [2.24, 2.45) is 10.8 Å². The lowest BCUT2D eigenvalue weighted by atomic mass is 9.51. The maximum absolute atomic E-state index is 12.7. The normalized spacial score (nSPS) is 47.3. The van der Waals surface area contributed by atoms with Crippen molar-refractivity contribution in [1.82, 2.24) is 0 Å². The number of aliphatic hydroxyl groups excluding tert-OH is 1. The van der Waals surface area contributed by atoms with Crippen LogP contribution in [0.2, 0.25) is 0 Å². The van der Waals surface area contributed by atoms with Crippen LogP contribution in [0.25, 0.3) is 0 Å². The first kappa shape index (κ1) is 18.6. The van der Waals surface area contributed by atoms with E-state index in [2.05, 4.69) is 0 Å². The van der Waals surface area contributed by atoms with Crippen LogP contribution >= 0.6 is 0 Å². The molecule has 2 aliphatic carbocycles. The highest BCUT2D eigenvalue weighted by Crippen LogP contribution is 2.71. The first-order chi connectivity index (χ1) is 12.6. The summed E-state index contributed by atoms with van der Waals surface area (Å²) in [7, 11) is 0. The van der Waals surface area contributed by atoms with Gasteiger partial charge in [0.1, 0.15) is 30.5 Å². The summed E-state index contributed by atoms with van der Waals surface area (Å²) in [6, 6.07) is 0. The van der Waals surface area contributed by atoms with E-state index in [1.54, 1.807) is 13.0 Å². The zero-order chi connectivity index (χ0) is 19.8. The van der Waals surface area contributed by atoms with E-state index in [0.29, 0.717) is 12.2 Å². The lowest BCUT2D eigenvalue weighted by molar-refractivity contribution is -0.231. The second kappa shape index (κ2) is 5.62. The molecule has 4 aliphatic rings. The average Bonchev–Trinajstić information content (AvgIpc) is 3.36. The van der Waals surface area contributed by atoms with E-state index in [0.717, 1.165) is 0 Å². The number of aliphatic hydroxyl groups is 1. The smallest absolute Gasteiger partial charge is 0.303 e. The molecule has 27 heavy (non-hydrogen) atoms. The number of Topliss-reactive ketones (excluding diaryl/α,β-unsaturated/α-hetero) is 1. The zero-order valence-electron chi connectivity index (χ0n) is 15.8. The molecule has 8 nitrogen and oxygen atoms in total. The zero-order valence-corrected chi connectivity index (χ0v) is 15.8. The largest absolute Gasteiger partial charge is 0.465 e. The quantitative estimate of drug-likeness (QED) is 0.550. The third-order valence-corrected chi connectivity index (χ3v) is 7.00. The van der Waals surface area contributed by atoms with Crippen molar-refractivity contribution in [3.05, 3.63) is 11.6 Å². The Kier molecular flexibility index (Phi) is 3.87. The predicted molar refractivity (Wildman–Crippen MR) is 89.5 cm³/mol. The van der Waals surface area contributed by atoms with Gasteiger partial charge in [-0.25, -0.2) is 0 Å². The van der Waals surface area contributed by atoms with Gasteiger partial charge in [0.25, 0.3) is 0 Å².